The minimum atomic E-state index is -0.548. The normalized spacial score (nSPS) is 13.2. The molecule has 204 valence electrons. The molecule has 3 amide bonds. The van der Waals surface area contributed by atoms with Crippen molar-refractivity contribution in [2.24, 2.45) is 10.9 Å². The van der Waals surface area contributed by atoms with Crippen LogP contribution in [0.3, 0.4) is 0 Å². The average molecular weight is 523 g/mol. The fraction of sp³-hybridized carbons (Fsp3) is 0.448. The van der Waals surface area contributed by atoms with Crippen LogP contribution in [0.4, 0.5) is 11.4 Å². The second kappa shape index (κ2) is 13.7. The van der Waals surface area contributed by atoms with Gasteiger partial charge in [-0.15, -0.1) is 0 Å². The lowest BCUT2D eigenvalue weighted by Gasteiger charge is -2.25. The highest BCUT2D eigenvalue weighted by Gasteiger charge is 2.23. The van der Waals surface area contributed by atoms with Gasteiger partial charge >= 0.3 is 0 Å². The number of carbonyl (C=O) groups is 3. The Bertz CT molecular complexity index is 1160. The van der Waals surface area contributed by atoms with Crippen LogP contribution in [0.25, 0.3) is 0 Å². The van der Waals surface area contributed by atoms with Crippen molar-refractivity contribution in [3.05, 3.63) is 54.1 Å². The molecular formula is C29H38N4O5. The maximum Gasteiger partial charge on any atom is 0.258 e. The number of anilines is 1. The van der Waals surface area contributed by atoms with Crippen molar-refractivity contribution >= 4 is 34.8 Å². The number of ether oxygens (including phenoxy) is 2. The van der Waals surface area contributed by atoms with E-state index in [4.69, 9.17) is 9.47 Å². The molecule has 9 heteroatoms. The van der Waals surface area contributed by atoms with Crippen molar-refractivity contribution in [3.63, 3.8) is 0 Å². The Labute approximate surface area is 224 Å². The van der Waals surface area contributed by atoms with Crippen molar-refractivity contribution in [3.8, 4) is 5.75 Å². The minimum Gasteiger partial charge on any atom is -0.483 e. The van der Waals surface area contributed by atoms with Gasteiger partial charge in [-0.05, 0) is 50.5 Å². The standard InChI is InChI=1S/C29H38N4O5/c1-20(2)13-16-38-29(3,4)18-27(35)30-14-15-31-28(36)19-37-25-12-8-5-9-21(25)24-17-26(34)33-23-11-7-6-10-22(23)32-24/h5-12,20H,13-19H2,1-4H3,(H,30,35)(H,31,36)(H,33,34). The zero-order valence-corrected chi connectivity index (χ0v) is 22.6. The quantitative estimate of drug-likeness (QED) is 0.344. The Hall–Kier alpha value is -3.72. The zero-order valence-electron chi connectivity index (χ0n) is 22.6. The molecule has 3 rings (SSSR count). The molecule has 0 aromatic heterocycles. The highest BCUT2D eigenvalue weighted by molar-refractivity contribution is 6.17. The molecule has 0 atom stereocenters. The minimum absolute atomic E-state index is 0.0838. The van der Waals surface area contributed by atoms with Crippen molar-refractivity contribution < 1.29 is 23.9 Å². The van der Waals surface area contributed by atoms with Crippen molar-refractivity contribution in [1.29, 1.82) is 0 Å². The molecule has 1 aliphatic heterocycles. The third-order valence-electron chi connectivity index (χ3n) is 5.86. The molecule has 0 aliphatic carbocycles. The second-order valence-corrected chi connectivity index (χ2v) is 10.3. The first-order valence-corrected chi connectivity index (χ1v) is 13.0. The van der Waals surface area contributed by atoms with E-state index in [-0.39, 0.29) is 43.7 Å². The molecule has 2 aromatic carbocycles. The monoisotopic (exact) mass is 522 g/mol. The fourth-order valence-electron chi connectivity index (χ4n) is 3.86. The Morgan fingerprint density at radius 2 is 1.71 bits per heavy atom. The number of rotatable bonds is 13. The van der Waals surface area contributed by atoms with Gasteiger partial charge < -0.3 is 25.4 Å². The van der Waals surface area contributed by atoms with Gasteiger partial charge in [0, 0.05) is 25.3 Å². The molecular weight excluding hydrogens is 484 g/mol. The Balaban J connectivity index is 1.46. The molecule has 0 saturated carbocycles. The summed E-state index contributed by atoms with van der Waals surface area (Å²) < 4.78 is 11.6. The lowest BCUT2D eigenvalue weighted by molar-refractivity contribution is -0.128. The summed E-state index contributed by atoms with van der Waals surface area (Å²) in [6, 6.07) is 14.5. The molecule has 1 heterocycles. The van der Waals surface area contributed by atoms with Crippen LogP contribution in [0.1, 0.15) is 52.5 Å². The predicted molar refractivity (Wildman–Crippen MR) is 148 cm³/mol. The van der Waals surface area contributed by atoms with Gasteiger partial charge in [0.1, 0.15) is 5.75 Å². The summed E-state index contributed by atoms with van der Waals surface area (Å²) in [5.41, 5.74) is 1.97. The lowest BCUT2D eigenvalue weighted by Crippen LogP contribution is -2.39. The number of aliphatic imine (C=N–C) groups is 1. The highest BCUT2D eigenvalue weighted by atomic mass is 16.5. The summed E-state index contributed by atoms with van der Waals surface area (Å²) in [7, 11) is 0. The summed E-state index contributed by atoms with van der Waals surface area (Å²) in [6.45, 7) is 9.04. The van der Waals surface area contributed by atoms with E-state index in [1.165, 1.54) is 0 Å². The van der Waals surface area contributed by atoms with Gasteiger partial charge in [-0.2, -0.15) is 0 Å². The Kier molecular flexibility index (Phi) is 10.4. The average Bonchev–Trinajstić information content (AvgIpc) is 3.02. The third-order valence-corrected chi connectivity index (χ3v) is 5.86. The van der Waals surface area contributed by atoms with Crippen molar-refractivity contribution in [1.82, 2.24) is 10.6 Å². The van der Waals surface area contributed by atoms with E-state index < -0.39 is 5.60 Å². The SMILES string of the molecule is CC(C)CCOC(C)(C)CC(=O)NCCNC(=O)COc1ccccc1C1=Nc2ccccc2NC(=O)C1. The van der Waals surface area contributed by atoms with E-state index in [0.29, 0.717) is 47.5 Å². The summed E-state index contributed by atoms with van der Waals surface area (Å²) in [5, 5.41) is 8.41. The first-order valence-electron chi connectivity index (χ1n) is 13.0. The lowest BCUT2D eigenvalue weighted by atomic mass is 10.0. The van der Waals surface area contributed by atoms with Gasteiger partial charge in [0.05, 0.1) is 35.5 Å². The number of hydrogen-bond donors (Lipinski definition) is 3. The maximum absolute atomic E-state index is 12.4. The number of hydrogen-bond acceptors (Lipinski definition) is 6. The molecule has 2 aromatic rings. The number of benzene rings is 2. The first-order chi connectivity index (χ1) is 18.1. The van der Waals surface area contributed by atoms with Gasteiger partial charge in [-0.25, -0.2) is 4.99 Å². The van der Waals surface area contributed by atoms with Gasteiger partial charge in [-0.3, -0.25) is 14.4 Å². The molecule has 3 N–H and O–H groups in total. The Morgan fingerprint density at radius 1 is 1.03 bits per heavy atom. The summed E-state index contributed by atoms with van der Waals surface area (Å²) in [4.78, 5) is 41.7. The number of amides is 3. The largest absolute Gasteiger partial charge is 0.483 e. The van der Waals surface area contributed by atoms with Gasteiger partial charge in [0.2, 0.25) is 11.8 Å². The van der Waals surface area contributed by atoms with Crippen LogP contribution < -0.4 is 20.7 Å². The smallest absolute Gasteiger partial charge is 0.258 e. The summed E-state index contributed by atoms with van der Waals surface area (Å²) in [6.07, 6.45) is 1.27. The van der Waals surface area contributed by atoms with Crippen LogP contribution in [0.15, 0.2) is 53.5 Å². The maximum atomic E-state index is 12.4. The molecule has 0 saturated heterocycles. The van der Waals surface area contributed by atoms with Crippen molar-refractivity contribution in [2.45, 2.75) is 52.6 Å². The molecule has 0 radical (unpaired) electrons. The molecule has 1 aliphatic rings. The molecule has 0 unspecified atom stereocenters. The number of nitrogens with one attached hydrogen (secondary N) is 3. The van der Waals surface area contributed by atoms with Crippen LogP contribution in [0.2, 0.25) is 0 Å². The van der Waals surface area contributed by atoms with E-state index >= 15 is 0 Å². The first kappa shape index (κ1) is 28.8. The van der Waals surface area contributed by atoms with E-state index in [9.17, 15) is 14.4 Å². The number of nitrogens with zero attached hydrogens (tertiary/aromatic N) is 1. The van der Waals surface area contributed by atoms with Gasteiger partial charge in [-0.1, -0.05) is 38.1 Å². The number of fused-ring (bicyclic) bond motifs is 1. The molecule has 0 fully saturated rings. The van der Waals surface area contributed by atoms with Crippen LogP contribution in [-0.2, 0) is 19.1 Å². The Morgan fingerprint density at radius 3 is 2.47 bits per heavy atom. The number of carbonyl (C=O) groups excluding carboxylic acids is 3. The fourth-order valence-corrected chi connectivity index (χ4v) is 3.86. The van der Waals surface area contributed by atoms with E-state index in [0.717, 1.165) is 6.42 Å². The molecule has 9 nitrogen and oxygen atoms in total. The number of para-hydroxylation sites is 3. The topological polar surface area (TPSA) is 118 Å². The van der Waals surface area contributed by atoms with E-state index in [1.54, 1.807) is 18.2 Å². The molecule has 0 spiro atoms. The second-order valence-electron chi connectivity index (χ2n) is 10.3. The van der Waals surface area contributed by atoms with E-state index in [1.807, 2.05) is 44.2 Å². The van der Waals surface area contributed by atoms with Gasteiger partial charge in [0.25, 0.3) is 5.91 Å². The van der Waals surface area contributed by atoms with Gasteiger partial charge in [0.15, 0.2) is 6.61 Å². The summed E-state index contributed by atoms with van der Waals surface area (Å²) in [5.74, 6) is 0.381. The van der Waals surface area contributed by atoms with E-state index in [2.05, 4.69) is 34.8 Å². The highest BCUT2D eigenvalue weighted by Crippen LogP contribution is 2.30. The molecule has 38 heavy (non-hydrogen) atoms. The van der Waals surface area contributed by atoms with Crippen molar-refractivity contribution in [2.75, 3.05) is 31.6 Å². The predicted octanol–water partition coefficient (Wildman–Crippen LogP) is 3.99. The van der Waals surface area contributed by atoms with Crippen LogP contribution in [0, 0.1) is 5.92 Å². The molecule has 0 bridgehead atoms. The van der Waals surface area contributed by atoms with Crippen LogP contribution in [-0.4, -0.2) is 55.3 Å². The van der Waals surface area contributed by atoms with Crippen LogP contribution >= 0.6 is 0 Å². The summed E-state index contributed by atoms with van der Waals surface area (Å²) >= 11 is 0. The zero-order chi connectivity index (χ0) is 27.5. The third kappa shape index (κ3) is 9.30. The van der Waals surface area contributed by atoms with Crippen LogP contribution in [0.5, 0.6) is 5.75 Å².